The molecule has 0 saturated heterocycles. The summed E-state index contributed by atoms with van der Waals surface area (Å²) in [5.74, 6) is 0. The van der Waals surface area contributed by atoms with Gasteiger partial charge in [0.05, 0.1) is 0 Å². The third kappa shape index (κ3) is 5.53. The van der Waals surface area contributed by atoms with Gasteiger partial charge in [0.1, 0.15) is 6.61 Å². The Kier molecular flexibility index (Phi) is 4.96. The molecule has 0 radical (unpaired) electrons. The maximum absolute atomic E-state index is 10.9. The van der Waals surface area contributed by atoms with Crippen molar-refractivity contribution in [2.75, 3.05) is 6.61 Å². The molecule has 1 unspecified atom stereocenters. The number of imide groups is 1. The van der Waals surface area contributed by atoms with Crippen LogP contribution in [0.4, 0.5) is 9.59 Å². The van der Waals surface area contributed by atoms with E-state index in [1.807, 2.05) is 30.3 Å². The van der Waals surface area contributed by atoms with Crippen molar-refractivity contribution in [3.05, 3.63) is 35.9 Å². The summed E-state index contributed by atoms with van der Waals surface area (Å²) in [6, 6.07) is 8.31. The van der Waals surface area contributed by atoms with Crippen LogP contribution in [-0.4, -0.2) is 24.8 Å². The molecule has 0 aliphatic heterocycles. The number of nitrogens with two attached hydrogens (primary N) is 2. The summed E-state index contributed by atoms with van der Waals surface area (Å²) >= 11 is 0. The van der Waals surface area contributed by atoms with Gasteiger partial charge in [-0.1, -0.05) is 30.3 Å². The van der Waals surface area contributed by atoms with E-state index in [2.05, 4.69) is 0 Å². The monoisotopic (exact) mass is 237 g/mol. The van der Waals surface area contributed by atoms with E-state index in [9.17, 15) is 9.59 Å². The van der Waals surface area contributed by atoms with Crippen LogP contribution in [0.5, 0.6) is 0 Å². The summed E-state index contributed by atoms with van der Waals surface area (Å²) in [4.78, 5) is 21.2. The maximum Gasteiger partial charge on any atom is 0.415 e. The summed E-state index contributed by atoms with van der Waals surface area (Å²) in [7, 11) is 0. The van der Waals surface area contributed by atoms with E-state index in [-0.39, 0.29) is 12.6 Å². The van der Waals surface area contributed by atoms with Gasteiger partial charge in [0.25, 0.3) is 0 Å². The van der Waals surface area contributed by atoms with Crippen molar-refractivity contribution in [1.82, 2.24) is 5.32 Å². The number of rotatable bonds is 4. The predicted molar refractivity (Wildman–Crippen MR) is 62.2 cm³/mol. The third-order valence-electron chi connectivity index (χ3n) is 1.99. The van der Waals surface area contributed by atoms with E-state index >= 15 is 0 Å². The quantitative estimate of drug-likeness (QED) is 0.702. The molecule has 1 aromatic rings. The van der Waals surface area contributed by atoms with E-state index < -0.39 is 12.1 Å². The molecule has 5 N–H and O–H groups in total. The Balaban J connectivity index is 2.28. The lowest BCUT2D eigenvalue weighted by atomic mass is 10.1. The standard InChI is InChI=1S/C11H15N3O3/c12-9(6-8-4-2-1-3-5-8)7-17-11(16)14-10(13)15/h1-5,9H,6-7,12H2,(H3,13,14,15,16). The van der Waals surface area contributed by atoms with Crippen molar-refractivity contribution in [3.8, 4) is 0 Å². The van der Waals surface area contributed by atoms with Crippen LogP contribution in [0.15, 0.2) is 30.3 Å². The van der Waals surface area contributed by atoms with Crippen molar-refractivity contribution < 1.29 is 14.3 Å². The number of primary amides is 1. The Bertz CT molecular complexity index is 381. The van der Waals surface area contributed by atoms with Gasteiger partial charge < -0.3 is 16.2 Å². The fourth-order valence-corrected chi connectivity index (χ4v) is 1.30. The molecule has 0 saturated carbocycles. The van der Waals surface area contributed by atoms with Gasteiger partial charge in [-0.25, -0.2) is 14.9 Å². The van der Waals surface area contributed by atoms with E-state index in [4.69, 9.17) is 16.2 Å². The van der Waals surface area contributed by atoms with Gasteiger partial charge in [0, 0.05) is 6.04 Å². The molecule has 6 nitrogen and oxygen atoms in total. The summed E-state index contributed by atoms with van der Waals surface area (Å²) in [5.41, 5.74) is 11.6. The molecule has 0 spiro atoms. The largest absolute Gasteiger partial charge is 0.448 e. The Labute approximate surface area is 98.9 Å². The van der Waals surface area contributed by atoms with E-state index in [0.717, 1.165) is 5.56 Å². The molecule has 92 valence electrons. The average molecular weight is 237 g/mol. The SMILES string of the molecule is NC(=O)NC(=O)OCC(N)Cc1ccccc1. The summed E-state index contributed by atoms with van der Waals surface area (Å²) in [5, 5.41) is 1.78. The van der Waals surface area contributed by atoms with Crippen molar-refractivity contribution in [1.29, 1.82) is 0 Å². The van der Waals surface area contributed by atoms with Crippen molar-refractivity contribution in [2.24, 2.45) is 11.5 Å². The second kappa shape index (κ2) is 6.49. The van der Waals surface area contributed by atoms with Gasteiger partial charge in [-0.3, -0.25) is 0 Å². The number of alkyl carbamates (subject to hydrolysis) is 1. The van der Waals surface area contributed by atoms with Crippen LogP contribution in [0, 0.1) is 0 Å². The molecule has 0 aliphatic rings. The fraction of sp³-hybridized carbons (Fsp3) is 0.273. The van der Waals surface area contributed by atoms with Crippen molar-refractivity contribution in [2.45, 2.75) is 12.5 Å². The summed E-state index contributed by atoms with van der Waals surface area (Å²) in [6.07, 6.45) is -0.300. The van der Waals surface area contributed by atoms with Crippen molar-refractivity contribution in [3.63, 3.8) is 0 Å². The van der Waals surface area contributed by atoms with Crippen LogP contribution in [0.3, 0.4) is 0 Å². The predicted octanol–water partition coefficient (Wildman–Crippen LogP) is 0.361. The molecular formula is C11H15N3O3. The summed E-state index contributed by atoms with van der Waals surface area (Å²) < 4.78 is 4.71. The van der Waals surface area contributed by atoms with Gasteiger partial charge >= 0.3 is 12.1 Å². The molecule has 0 bridgehead atoms. The number of hydrogen-bond acceptors (Lipinski definition) is 4. The maximum atomic E-state index is 10.9. The zero-order valence-corrected chi connectivity index (χ0v) is 9.26. The highest BCUT2D eigenvalue weighted by Gasteiger charge is 2.09. The van der Waals surface area contributed by atoms with E-state index in [1.54, 1.807) is 5.32 Å². The topological polar surface area (TPSA) is 107 Å². The van der Waals surface area contributed by atoms with Crippen LogP contribution in [-0.2, 0) is 11.2 Å². The number of amides is 3. The lowest BCUT2D eigenvalue weighted by molar-refractivity contribution is 0.140. The number of hydrogen-bond donors (Lipinski definition) is 3. The van der Waals surface area contributed by atoms with Crippen LogP contribution < -0.4 is 16.8 Å². The van der Waals surface area contributed by atoms with Gasteiger partial charge in [-0.05, 0) is 12.0 Å². The number of carbonyl (C=O) groups is 2. The first kappa shape index (κ1) is 13.0. The number of urea groups is 1. The first-order valence-electron chi connectivity index (χ1n) is 5.10. The molecular weight excluding hydrogens is 222 g/mol. The number of benzene rings is 1. The third-order valence-corrected chi connectivity index (χ3v) is 1.99. The molecule has 0 aromatic heterocycles. The lowest BCUT2D eigenvalue weighted by Gasteiger charge is -2.11. The molecule has 6 heteroatoms. The first-order valence-corrected chi connectivity index (χ1v) is 5.10. The van der Waals surface area contributed by atoms with E-state index in [0.29, 0.717) is 6.42 Å². The normalized spacial score (nSPS) is 11.6. The number of nitrogens with one attached hydrogen (secondary N) is 1. The second-order valence-corrected chi connectivity index (χ2v) is 3.54. The van der Waals surface area contributed by atoms with Gasteiger partial charge in [0.15, 0.2) is 0 Å². The lowest BCUT2D eigenvalue weighted by Crippen LogP contribution is -2.38. The Morgan fingerprint density at radius 2 is 1.94 bits per heavy atom. The molecule has 0 heterocycles. The van der Waals surface area contributed by atoms with Crippen molar-refractivity contribution >= 4 is 12.1 Å². The Morgan fingerprint density at radius 1 is 1.29 bits per heavy atom. The fourth-order valence-electron chi connectivity index (χ4n) is 1.30. The highest BCUT2D eigenvalue weighted by Crippen LogP contribution is 2.01. The van der Waals surface area contributed by atoms with Crippen LogP contribution >= 0.6 is 0 Å². The van der Waals surface area contributed by atoms with Gasteiger partial charge in [-0.2, -0.15) is 0 Å². The summed E-state index contributed by atoms with van der Waals surface area (Å²) in [6.45, 7) is 0.0218. The van der Waals surface area contributed by atoms with Crippen LogP contribution in [0.25, 0.3) is 0 Å². The molecule has 0 aliphatic carbocycles. The minimum Gasteiger partial charge on any atom is -0.448 e. The number of carbonyl (C=O) groups excluding carboxylic acids is 2. The molecule has 1 atom stereocenters. The zero-order chi connectivity index (χ0) is 12.7. The molecule has 1 aromatic carbocycles. The Hall–Kier alpha value is -2.08. The molecule has 3 amide bonds. The minimum atomic E-state index is -0.952. The minimum absolute atomic E-state index is 0.0218. The van der Waals surface area contributed by atoms with Crippen LogP contribution in [0.1, 0.15) is 5.56 Å². The highest BCUT2D eigenvalue weighted by atomic mass is 16.5. The molecule has 17 heavy (non-hydrogen) atoms. The second-order valence-electron chi connectivity index (χ2n) is 3.54. The van der Waals surface area contributed by atoms with Crippen LogP contribution in [0.2, 0.25) is 0 Å². The van der Waals surface area contributed by atoms with Gasteiger partial charge in [-0.15, -0.1) is 0 Å². The Morgan fingerprint density at radius 3 is 2.53 bits per heavy atom. The smallest absolute Gasteiger partial charge is 0.415 e. The molecule has 0 fully saturated rings. The highest BCUT2D eigenvalue weighted by molar-refractivity contribution is 5.89. The van der Waals surface area contributed by atoms with E-state index in [1.165, 1.54) is 0 Å². The zero-order valence-electron chi connectivity index (χ0n) is 9.26. The molecule has 1 rings (SSSR count). The first-order chi connectivity index (χ1) is 8.08. The number of ether oxygens (including phenoxy) is 1. The van der Waals surface area contributed by atoms with Gasteiger partial charge in [0.2, 0.25) is 0 Å². The average Bonchev–Trinajstić information content (AvgIpc) is 2.27.